The van der Waals surface area contributed by atoms with Gasteiger partial charge in [-0.25, -0.2) is 4.98 Å². The molecule has 0 aliphatic carbocycles. The fourth-order valence-corrected chi connectivity index (χ4v) is 4.16. The molecule has 0 saturated carbocycles. The van der Waals surface area contributed by atoms with Crippen LogP contribution in [-0.4, -0.2) is 32.0 Å². The van der Waals surface area contributed by atoms with E-state index in [0.717, 1.165) is 42.3 Å². The van der Waals surface area contributed by atoms with E-state index in [-0.39, 0.29) is 0 Å². The zero-order chi connectivity index (χ0) is 19.0. The van der Waals surface area contributed by atoms with Gasteiger partial charge in [-0.05, 0) is 72.7 Å². The van der Waals surface area contributed by atoms with Crippen molar-refractivity contribution < 1.29 is 9.47 Å². The van der Waals surface area contributed by atoms with Gasteiger partial charge in [0.25, 0.3) is 0 Å². The molecule has 27 heavy (non-hydrogen) atoms. The first-order valence-electron chi connectivity index (χ1n) is 9.07. The molecule has 0 atom stereocenters. The van der Waals surface area contributed by atoms with Crippen molar-refractivity contribution in [3.63, 3.8) is 0 Å². The molecule has 2 heterocycles. The Labute approximate surface area is 164 Å². The fourth-order valence-electron chi connectivity index (χ4n) is 3.72. The summed E-state index contributed by atoms with van der Waals surface area (Å²) in [5, 5.41) is 1.23. The van der Waals surface area contributed by atoms with Crippen molar-refractivity contribution >= 4 is 28.5 Å². The SMILES string of the molecule is COc1cc2c(cc1OC)CN(c1cc(C)c3cc(SC)ccc3n1)CC2. The molecule has 0 saturated heterocycles. The predicted octanol–water partition coefficient (Wildman–Crippen LogP) is 4.85. The number of thioether (sulfide) groups is 1. The van der Waals surface area contributed by atoms with Gasteiger partial charge in [0.05, 0.1) is 19.7 Å². The summed E-state index contributed by atoms with van der Waals surface area (Å²) in [7, 11) is 3.37. The van der Waals surface area contributed by atoms with Crippen molar-refractivity contribution in [1.82, 2.24) is 4.98 Å². The van der Waals surface area contributed by atoms with E-state index in [0.29, 0.717) is 0 Å². The number of aromatic nitrogens is 1. The third-order valence-electron chi connectivity index (χ3n) is 5.25. The maximum absolute atomic E-state index is 5.48. The normalized spacial score (nSPS) is 13.6. The van der Waals surface area contributed by atoms with Gasteiger partial charge >= 0.3 is 0 Å². The molecule has 5 heteroatoms. The number of benzene rings is 2. The molecule has 0 amide bonds. The van der Waals surface area contributed by atoms with Gasteiger partial charge in [-0.3, -0.25) is 0 Å². The van der Waals surface area contributed by atoms with Crippen LogP contribution in [0.3, 0.4) is 0 Å². The fraction of sp³-hybridized carbons (Fsp3) is 0.318. The molecular weight excluding hydrogens is 356 g/mol. The Bertz CT molecular complexity index is 1000. The van der Waals surface area contributed by atoms with E-state index in [4.69, 9.17) is 14.5 Å². The van der Waals surface area contributed by atoms with Crippen LogP contribution in [0.2, 0.25) is 0 Å². The number of hydrogen-bond donors (Lipinski definition) is 0. The summed E-state index contributed by atoms with van der Waals surface area (Å²) in [6.07, 6.45) is 3.08. The van der Waals surface area contributed by atoms with Crippen LogP contribution in [0.1, 0.15) is 16.7 Å². The van der Waals surface area contributed by atoms with E-state index in [1.807, 2.05) is 0 Å². The lowest BCUT2D eigenvalue weighted by atomic mass is 9.98. The van der Waals surface area contributed by atoms with Crippen molar-refractivity contribution in [3.8, 4) is 11.5 Å². The molecule has 0 N–H and O–H groups in total. The number of methoxy groups -OCH3 is 2. The van der Waals surface area contributed by atoms with Crippen LogP contribution < -0.4 is 14.4 Å². The Morgan fingerprint density at radius 1 is 1.00 bits per heavy atom. The van der Waals surface area contributed by atoms with Crippen LogP contribution in [0.5, 0.6) is 11.5 Å². The Hall–Kier alpha value is -2.40. The molecule has 140 valence electrons. The molecule has 1 aromatic heterocycles. The van der Waals surface area contributed by atoms with E-state index in [9.17, 15) is 0 Å². The number of rotatable bonds is 4. The van der Waals surface area contributed by atoms with Crippen molar-refractivity contribution in [2.24, 2.45) is 0 Å². The second kappa shape index (κ2) is 7.31. The van der Waals surface area contributed by atoms with Crippen molar-refractivity contribution in [2.45, 2.75) is 24.8 Å². The number of pyridine rings is 1. The molecule has 3 aromatic rings. The minimum Gasteiger partial charge on any atom is -0.493 e. The molecule has 1 aliphatic heterocycles. The largest absolute Gasteiger partial charge is 0.493 e. The van der Waals surface area contributed by atoms with Gasteiger partial charge in [-0.2, -0.15) is 0 Å². The summed E-state index contributed by atoms with van der Waals surface area (Å²) in [5.41, 5.74) is 4.92. The monoisotopic (exact) mass is 380 g/mol. The Kier molecular flexibility index (Phi) is 4.87. The first-order valence-corrected chi connectivity index (χ1v) is 10.3. The highest BCUT2D eigenvalue weighted by Crippen LogP contribution is 2.35. The van der Waals surface area contributed by atoms with E-state index in [1.54, 1.807) is 26.0 Å². The van der Waals surface area contributed by atoms with Crippen LogP contribution in [0.15, 0.2) is 41.3 Å². The van der Waals surface area contributed by atoms with Crippen molar-refractivity contribution in [3.05, 3.63) is 53.1 Å². The molecule has 0 radical (unpaired) electrons. The molecule has 4 rings (SSSR count). The maximum Gasteiger partial charge on any atom is 0.161 e. The zero-order valence-electron chi connectivity index (χ0n) is 16.2. The van der Waals surface area contributed by atoms with E-state index >= 15 is 0 Å². The van der Waals surface area contributed by atoms with Gasteiger partial charge < -0.3 is 14.4 Å². The lowest BCUT2D eigenvalue weighted by Gasteiger charge is -2.31. The van der Waals surface area contributed by atoms with Crippen LogP contribution in [0.4, 0.5) is 5.82 Å². The molecule has 4 nitrogen and oxygen atoms in total. The molecule has 0 spiro atoms. The summed E-state index contributed by atoms with van der Waals surface area (Å²) in [4.78, 5) is 8.57. The van der Waals surface area contributed by atoms with Crippen molar-refractivity contribution in [1.29, 1.82) is 0 Å². The third kappa shape index (κ3) is 3.32. The average molecular weight is 381 g/mol. The van der Waals surface area contributed by atoms with E-state index < -0.39 is 0 Å². The number of aryl methyl sites for hydroxylation is 1. The Morgan fingerprint density at radius 3 is 2.44 bits per heavy atom. The zero-order valence-corrected chi connectivity index (χ0v) is 17.0. The molecule has 1 aliphatic rings. The van der Waals surface area contributed by atoms with Crippen LogP contribution >= 0.6 is 11.8 Å². The highest BCUT2D eigenvalue weighted by atomic mass is 32.2. The van der Waals surface area contributed by atoms with Gasteiger partial charge in [0, 0.05) is 23.4 Å². The topological polar surface area (TPSA) is 34.6 Å². The summed E-state index contributed by atoms with van der Waals surface area (Å²) in [6, 6.07) is 12.9. The third-order valence-corrected chi connectivity index (χ3v) is 5.98. The molecule has 2 aromatic carbocycles. The highest BCUT2D eigenvalue weighted by Gasteiger charge is 2.21. The molecular formula is C22H24N2O2S. The first-order chi connectivity index (χ1) is 13.1. The van der Waals surface area contributed by atoms with E-state index in [1.165, 1.54) is 27.0 Å². The molecule has 0 bridgehead atoms. The van der Waals surface area contributed by atoms with Crippen molar-refractivity contribution in [2.75, 3.05) is 31.9 Å². The quantitative estimate of drug-likeness (QED) is 0.605. The summed E-state index contributed by atoms with van der Waals surface area (Å²) in [6.45, 7) is 3.95. The number of fused-ring (bicyclic) bond motifs is 2. The highest BCUT2D eigenvalue weighted by molar-refractivity contribution is 7.98. The minimum atomic E-state index is 0.783. The lowest BCUT2D eigenvalue weighted by molar-refractivity contribution is 0.353. The second-order valence-electron chi connectivity index (χ2n) is 6.83. The average Bonchev–Trinajstić information content (AvgIpc) is 2.71. The number of ether oxygens (including phenoxy) is 2. The maximum atomic E-state index is 5.48. The molecule has 0 unspecified atom stereocenters. The number of hydrogen-bond acceptors (Lipinski definition) is 5. The smallest absolute Gasteiger partial charge is 0.161 e. The Balaban J connectivity index is 1.69. The second-order valence-corrected chi connectivity index (χ2v) is 7.71. The minimum absolute atomic E-state index is 0.783. The first kappa shape index (κ1) is 18.0. The van der Waals surface area contributed by atoms with Crippen LogP contribution in [0.25, 0.3) is 10.9 Å². The lowest BCUT2D eigenvalue weighted by Crippen LogP contribution is -2.31. The standard InChI is InChI=1S/C22H24N2O2S/c1-14-9-22(23-19-6-5-17(27-4)12-18(14)19)24-8-7-15-10-20(25-2)21(26-3)11-16(15)13-24/h5-6,9-12H,7-8,13H2,1-4H3. The molecule has 0 fully saturated rings. The van der Waals surface area contributed by atoms with E-state index in [2.05, 4.69) is 54.5 Å². The number of nitrogens with zero attached hydrogens (tertiary/aromatic N) is 2. The van der Waals surface area contributed by atoms with Crippen LogP contribution in [0, 0.1) is 6.92 Å². The van der Waals surface area contributed by atoms with Gasteiger partial charge in [0.2, 0.25) is 0 Å². The number of anilines is 1. The summed E-state index contributed by atoms with van der Waals surface area (Å²) >= 11 is 1.76. The van der Waals surface area contributed by atoms with Gasteiger partial charge in [0.1, 0.15) is 5.82 Å². The van der Waals surface area contributed by atoms with Gasteiger partial charge in [0.15, 0.2) is 11.5 Å². The van der Waals surface area contributed by atoms with Gasteiger partial charge in [-0.1, -0.05) is 0 Å². The van der Waals surface area contributed by atoms with Gasteiger partial charge in [-0.15, -0.1) is 11.8 Å². The van der Waals surface area contributed by atoms with Crippen LogP contribution in [-0.2, 0) is 13.0 Å². The Morgan fingerprint density at radius 2 is 1.74 bits per heavy atom. The predicted molar refractivity (Wildman–Crippen MR) is 113 cm³/mol. The summed E-state index contributed by atoms with van der Waals surface area (Å²) in [5.74, 6) is 2.62. The summed E-state index contributed by atoms with van der Waals surface area (Å²) < 4.78 is 10.9.